The lowest BCUT2D eigenvalue weighted by Crippen LogP contribution is -1.83. The third kappa shape index (κ3) is 0.963. The van der Waals surface area contributed by atoms with E-state index in [9.17, 15) is 0 Å². The van der Waals surface area contributed by atoms with Crippen molar-refractivity contribution in [3.63, 3.8) is 0 Å². The Labute approximate surface area is 64.9 Å². The van der Waals surface area contributed by atoms with Crippen LogP contribution in [-0.4, -0.2) is 9.97 Å². The molecule has 11 heavy (non-hydrogen) atoms. The molecule has 2 heteroatoms. The molecule has 1 heterocycles. The normalized spacial score (nSPS) is 10.3. The molecule has 53 valence electrons. The minimum atomic E-state index is 0.884. The summed E-state index contributed by atoms with van der Waals surface area (Å²) in [6.07, 6.45) is 3.36. The lowest BCUT2D eigenvalue weighted by Gasteiger charge is -1.96. The van der Waals surface area contributed by atoms with Crippen LogP contribution >= 0.6 is 0 Å². The molecule has 1 radical (unpaired) electrons. The molecule has 0 atom stereocenters. The molecule has 1 aromatic heterocycles. The molecule has 0 saturated heterocycles. The van der Waals surface area contributed by atoms with Crippen LogP contribution in [0.1, 0.15) is 5.56 Å². The van der Waals surface area contributed by atoms with Crippen molar-refractivity contribution in [3.8, 4) is 0 Å². The number of hydrogen-bond donors (Lipinski definition) is 0. The minimum absolute atomic E-state index is 0.884. The molecule has 0 aliphatic rings. The number of para-hydroxylation sites is 1. The van der Waals surface area contributed by atoms with Gasteiger partial charge in [0.25, 0.3) is 0 Å². The third-order valence-corrected chi connectivity index (χ3v) is 1.58. The van der Waals surface area contributed by atoms with Gasteiger partial charge < -0.3 is 0 Å². The highest BCUT2D eigenvalue weighted by molar-refractivity contribution is 5.77. The first kappa shape index (κ1) is 6.28. The summed E-state index contributed by atoms with van der Waals surface area (Å²) in [5.74, 6) is 0. The fourth-order valence-electron chi connectivity index (χ4n) is 1.05. The second-order valence-corrected chi connectivity index (χ2v) is 2.34. The summed E-state index contributed by atoms with van der Waals surface area (Å²) >= 11 is 0. The van der Waals surface area contributed by atoms with E-state index in [0.29, 0.717) is 0 Å². The first-order chi connectivity index (χ1) is 5.38. The molecular weight excluding hydrogens is 136 g/mol. The molecule has 0 saturated carbocycles. The molecular formula is C9H7N2. The molecule has 0 spiro atoms. The summed E-state index contributed by atoms with van der Waals surface area (Å²) in [7, 11) is 0. The molecule has 2 nitrogen and oxygen atoms in total. The Bertz CT molecular complexity index is 377. The van der Waals surface area contributed by atoms with Gasteiger partial charge in [0, 0.05) is 12.4 Å². The van der Waals surface area contributed by atoms with Gasteiger partial charge >= 0.3 is 0 Å². The Kier molecular flexibility index (Phi) is 1.32. The van der Waals surface area contributed by atoms with Crippen molar-refractivity contribution in [2.45, 2.75) is 0 Å². The van der Waals surface area contributed by atoms with Crippen molar-refractivity contribution in [2.24, 2.45) is 0 Å². The molecule has 2 rings (SSSR count). The smallest absolute Gasteiger partial charge is 0.0918 e. The average Bonchev–Trinajstić information content (AvgIpc) is 2.06. The lowest BCUT2D eigenvalue weighted by molar-refractivity contribution is 1.29. The van der Waals surface area contributed by atoms with Crippen molar-refractivity contribution in [2.75, 3.05) is 0 Å². The highest BCUT2D eigenvalue weighted by Crippen LogP contribution is 2.11. The second kappa shape index (κ2) is 2.31. The van der Waals surface area contributed by atoms with Crippen LogP contribution < -0.4 is 0 Å². The van der Waals surface area contributed by atoms with Crippen molar-refractivity contribution in [1.29, 1.82) is 0 Å². The number of benzene rings is 1. The molecule has 0 bridgehead atoms. The zero-order valence-electron chi connectivity index (χ0n) is 5.99. The van der Waals surface area contributed by atoms with E-state index in [1.807, 2.05) is 18.2 Å². The van der Waals surface area contributed by atoms with E-state index in [2.05, 4.69) is 16.9 Å². The van der Waals surface area contributed by atoms with E-state index in [-0.39, 0.29) is 0 Å². The van der Waals surface area contributed by atoms with Gasteiger partial charge in [0.15, 0.2) is 0 Å². The quantitative estimate of drug-likeness (QED) is 0.562. The maximum absolute atomic E-state index is 4.16. The first-order valence-electron chi connectivity index (χ1n) is 3.39. The number of hydrogen-bond acceptors (Lipinski definition) is 2. The molecule has 0 unspecified atom stereocenters. The van der Waals surface area contributed by atoms with Crippen molar-refractivity contribution >= 4 is 11.0 Å². The Morgan fingerprint density at radius 1 is 1.09 bits per heavy atom. The summed E-state index contributed by atoms with van der Waals surface area (Å²) in [4.78, 5) is 8.30. The number of rotatable bonds is 0. The predicted molar refractivity (Wildman–Crippen MR) is 44.0 cm³/mol. The van der Waals surface area contributed by atoms with Crippen LogP contribution in [0.3, 0.4) is 0 Å². The zero-order chi connectivity index (χ0) is 7.68. The van der Waals surface area contributed by atoms with Crippen LogP contribution in [0.2, 0.25) is 0 Å². The Morgan fingerprint density at radius 3 is 2.73 bits per heavy atom. The number of nitrogens with zero attached hydrogens (tertiary/aromatic N) is 2. The fourth-order valence-corrected chi connectivity index (χ4v) is 1.05. The molecule has 0 aliphatic carbocycles. The lowest BCUT2D eigenvalue weighted by atomic mass is 10.2. The van der Waals surface area contributed by atoms with Crippen molar-refractivity contribution < 1.29 is 0 Å². The Hall–Kier alpha value is -1.44. The summed E-state index contributed by atoms with van der Waals surface area (Å²) in [5.41, 5.74) is 2.71. The van der Waals surface area contributed by atoms with Gasteiger partial charge in [-0.3, -0.25) is 9.97 Å². The Balaban J connectivity index is 2.91. The minimum Gasteiger partial charge on any atom is -0.253 e. The third-order valence-electron chi connectivity index (χ3n) is 1.58. The van der Waals surface area contributed by atoms with Gasteiger partial charge in [-0.25, -0.2) is 0 Å². The largest absolute Gasteiger partial charge is 0.253 e. The van der Waals surface area contributed by atoms with E-state index in [0.717, 1.165) is 16.6 Å². The molecule has 2 aromatic rings. The van der Waals surface area contributed by atoms with Crippen LogP contribution in [-0.2, 0) is 0 Å². The monoisotopic (exact) mass is 143 g/mol. The number of fused-ring (bicyclic) bond motifs is 1. The molecule has 0 N–H and O–H groups in total. The maximum Gasteiger partial charge on any atom is 0.0918 e. The molecule has 0 aliphatic heterocycles. The van der Waals surface area contributed by atoms with Crippen LogP contribution in [0, 0.1) is 6.92 Å². The van der Waals surface area contributed by atoms with E-state index in [1.54, 1.807) is 12.4 Å². The predicted octanol–water partition coefficient (Wildman–Crippen LogP) is 1.81. The fraction of sp³-hybridized carbons (Fsp3) is 0. The van der Waals surface area contributed by atoms with Gasteiger partial charge in [-0.05, 0) is 18.6 Å². The molecule has 0 amide bonds. The maximum atomic E-state index is 4.16. The van der Waals surface area contributed by atoms with E-state index in [4.69, 9.17) is 0 Å². The van der Waals surface area contributed by atoms with Gasteiger partial charge in [0.1, 0.15) is 0 Å². The summed E-state index contributed by atoms with van der Waals surface area (Å²) < 4.78 is 0. The Morgan fingerprint density at radius 2 is 1.91 bits per heavy atom. The zero-order valence-corrected chi connectivity index (χ0v) is 5.99. The van der Waals surface area contributed by atoms with Gasteiger partial charge in [-0.15, -0.1) is 0 Å². The van der Waals surface area contributed by atoms with E-state index >= 15 is 0 Å². The highest BCUT2D eigenvalue weighted by Gasteiger charge is 1.95. The summed E-state index contributed by atoms with van der Waals surface area (Å²) in [6.45, 7) is 3.85. The van der Waals surface area contributed by atoms with Gasteiger partial charge in [-0.1, -0.05) is 12.1 Å². The van der Waals surface area contributed by atoms with Gasteiger partial charge in [-0.2, -0.15) is 0 Å². The molecule has 0 fully saturated rings. The van der Waals surface area contributed by atoms with Gasteiger partial charge in [0.05, 0.1) is 11.0 Å². The summed E-state index contributed by atoms with van der Waals surface area (Å²) in [6, 6.07) is 5.79. The van der Waals surface area contributed by atoms with Crippen LogP contribution in [0.15, 0.2) is 30.6 Å². The topological polar surface area (TPSA) is 25.8 Å². The average molecular weight is 143 g/mol. The SMILES string of the molecule is [CH2]c1cccc2nccnc12. The molecule has 1 aromatic carbocycles. The van der Waals surface area contributed by atoms with Crippen molar-refractivity contribution in [3.05, 3.63) is 43.1 Å². The van der Waals surface area contributed by atoms with E-state index < -0.39 is 0 Å². The van der Waals surface area contributed by atoms with Gasteiger partial charge in [0.2, 0.25) is 0 Å². The first-order valence-corrected chi connectivity index (χ1v) is 3.39. The second-order valence-electron chi connectivity index (χ2n) is 2.34. The van der Waals surface area contributed by atoms with Crippen LogP contribution in [0.5, 0.6) is 0 Å². The standard InChI is InChI=1S/C9H7N2/c1-7-3-2-4-8-9(7)11-6-5-10-8/h2-6H,1H2. The summed E-state index contributed by atoms with van der Waals surface area (Å²) in [5, 5.41) is 0. The van der Waals surface area contributed by atoms with Crippen LogP contribution in [0.4, 0.5) is 0 Å². The number of aromatic nitrogens is 2. The highest BCUT2D eigenvalue weighted by atomic mass is 14.8. The van der Waals surface area contributed by atoms with Crippen LogP contribution in [0.25, 0.3) is 11.0 Å². The van der Waals surface area contributed by atoms with E-state index in [1.165, 1.54) is 0 Å². The van der Waals surface area contributed by atoms with Crippen molar-refractivity contribution in [1.82, 2.24) is 9.97 Å².